The minimum absolute atomic E-state index is 0.0680. The second-order valence-electron chi connectivity index (χ2n) is 14.6. The smallest absolute Gasteiger partial charge is 0.408 e. The van der Waals surface area contributed by atoms with Crippen molar-refractivity contribution in [2.75, 3.05) is 13.7 Å². The Morgan fingerprint density at radius 2 is 1.88 bits per heavy atom. The topological polar surface area (TPSA) is 129 Å². The van der Waals surface area contributed by atoms with E-state index in [0.29, 0.717) is 29.1 Å². The maximum Gasteiger partial charge on any atom is 0.408 e. The quantitative estimate of drug-likeness (QED) is 0.133. The molecule has 1 aromatic heterocycles. The molecule has 3 aliphatic rings. The van der Waals surface area contributed by atoms with E-state index in [1.807, 2.05) is 13.0 Å². The van der Waals surface area contributed by atoms with Gasteiger partial charge in [-0.15, -0.1) is 6.58 Å². The molecule has 268 valence electrons. The number of fused-ring (bicyclic) bond motifs is 1. The number of allylic oxidation sites excluding steroid dienone is 1. The number of ether oxygens (including phenoxy) is 4. The van der Waals surface area contributed by atoms with Crippen LogP contribution in [0.2, 0.25) is 5.15 Å². The van der Waals surface area contributed by atoms with Crippen molar-refractivity contribution in [2.24, 2.45) is 17.8 Å². The highest BCUT2D eigenvalue weighted by atomic mass is 35.5. The maximum atomic E-state index is 14.7. The van der Waals surface area contributed by atoms with Crippen molar-refractivity contribution in [1.29, 1.82) is 0 Å². The van der Waals surface area contributed by atoms with Crippen LogP contribution >= 0.6 is 11.6 Å². The van der Waals surface area contributed by atoms with Gasteiger partial charge in [0.15, 0.2) is 5.15 Å². The fraction of sp³-hybridized carbons (Fsp3) is 0.649. The molecule has 12 heteroatoms. The van der Waals surface area contributed by atoms with E-state index >= 15 is 0 Å². The van der Waals surface area contributed by atoms with Crippen molar-refractivity contribution < 1.29 is 33.3 Å². The van der Waals surface area contributed by atoms with Gasteiger partial charge in [-0.25, -0.2) is 19.6 Å². The first-order valence-electron chi connectivity index (χ1n) is 17.7. The van der Waals surface area contributed by atoms with E-state index in [9.17, 15) is 14.4 Å². The zero-order valence-corrected chi connectivity index (χ0v) is 30.2. The van der Waals surface area contributed by atoms with Gasteiger partial charge in [-0.2, -0.15) is 0 Å². The summed E-state index contributed by atoms with van der Waals surface area (Å²) >= 11 is 6.56. The van der Waals surface area contributed by atoms with Gasteiger partial charge in [-0.1, -0.05) is 43.9 Å². The zero-order valence-electron chi connectivity index (χ0n) is 29.4. The van der Waals surface area contributed by atoms with Crippen LogP contribution in [-0.4, -0.2) is 76.4 Å². The predicted octanol–water partition coefficient (Wildman–Crippen LogP) is 7.04. The van der Waals surface area contributed by atoms with Gasteiger partial charge in [-0.05, 0) is 89.7 Å². The number of aromatic nitrogens is 2. The summed E-state index contributed by atoms with van der Waals surface area (Å²) in [6.45, 7) is 11.2. The second-order valence-corrected chi connectivity index (χ2v) is 14.9. The normalized spacial score (nSPS) is 24.6. The number of hydrogen-bond donors (Lipinski definition) is 1. The molecule has 6 atom stereocenters. The molecular weight excluding hydrogens is 648 g/mol. The van der Waals surface area contributed by atoms with E-state index in [2.05, 4.69) is 21.9 Å². The molecule has 2 heterocycles. The van der Waals surface area contributed by atoms with Gasteiger partial charge >= 0.3 is 12.1 Å². The number of hydrogen-bond acceptors (Lipinski definition) is 9. The Bertz CT molecular complexity index is 1510. The molecule has 1 saturated heterocycles. The van der Waals surface area contributed by atoms with Crippen molar-refractivity contribution in [3.63, 3.8) is 0 Å². The monoisotopic (exact) mass is 698 g/mol. The number of likely N-dealkylation sites (tertiary alicyclic amines) is 1. The molecule has 11 nitrogen and oxygen atoms in total. The molecule has 0 bridgehead atoms. The number of carbonyl (C=O) groups excluding carboxylic acids is 3. The predicted molar refractivity (Wildman–Crippen MR) is 187 cm³/mol. The lowest BCUT2D eigenvalue weighted by Gasteiger charge is -2.35. The average Bonchev–Trinajstić information content (AvgIpc) is 3.69. The second kappa shape index (κ2) is 16.0. The highest BCUT2D eigenvalue weighted by Gasteiger charge is 2.52. The number of unbranched alkanes of at least 4 members (excludes halogenated alkanes) is 1. The van der Waals surface area contributed by atoms with Crippen LogP contribution in [0.5, 0.6) is 11.6 Å². The molecule has 2 aliphatic carbocycles. The van der Waals surface area contributed by atoms with Crippen molar-refractivity contribution in [1.82, 2.24) is 20.2 Å². The van der Waals surface area contributed by atoms with E-state index in [4.69, 9.17) is 30.5 Å². The van der Waals surface area contributed by atoms with Crippen LogP contribution in [0.25, 0.3) is 11.0 Å². The molecule has 2 amide bonds. The number of carbonyl (C=O) groups is 3. The largest absolute Gasteiger partial charge is 0.497 e. The number of esters is 1. The zero-order chi connectivity index (χ0) is 35.3. The molecule has 5 rings (SSSR count). The Balaban J connectivity index is 1.41. The Morgan fingerprint density at radius 3 is 2.55 bits per heavy atom. The first-order valence-corrected chi connectivity index (χ1v) is 18.1. The first kappa shape index (κ1) is 36.7. The number of halogens is 1. The Morgan fingerprint density at radius 1 is 1.12 bits per heavy atom. The molecule has 0 radical (unpaired) electrons. The molecule has 0 unspecified atom stereocenters. The highest BCUT2D eigenvalue weighted by molar-refractivity contribution is 6.31. The third-order valence-corrected chi connectivity index (χ3v) is 10.1. The Labute approximate surface area is 294 Å². The van der Waals surface area contributed by atoms with Crippen LogP contribution in [-0.2, 0) is 19.1 Å². The van der Waals surface area contributed by atoms with Crippen LogP contribution in [0.3, 0.4) is 0 Å². The summed E-state index contributed by atoms with van der Waals surface area (Å²) in [6, 6.07) is 3.46. The number of alkyl carbamates (subject to hydrolysis) is 1. The van der Waals surface area contributed by atoms with Crippen molar-refractivity contribution >= 4 is 40.6 Å². The first-order chi connectivity index (χ1) is 23.4. The molecular formula is C37H51ClN4O7. The highest BCUT2D eigenvalue weighted by Crippen LogP contribution is 2.39. The summed E-state index contributed by atoms with van der Waals surface area (Å²) < 4.78 is 23.5. The number of amides is 2. The fourth-order valence-corrected chi connectivity index (χ4v) is 7.42. The van der Waals surface area contributed by atoms with E-state index in [1.165, 1.54) is 4.90 Å². The molecule has 0 spiro atoms. The van der Waals surface area contributed by atoms with Gasteiger partial charge in [0.25, 0.3) is 5.88 Å². The standard InChI is InChI=1S/C37H51ClN4O7/c1-7-9-11-16-23-19-28(23)48-36(45)41-30(22-14-12-10-13-15-22)34(43)42-21-29(25(8-2)31(42)35(44)49-37(3,4)5)47-33-32(38)39-26-18-17-24(46-6)20-27(26)40-33/h7,17-18,20,22-23,25,28-31H,1,8-16,19,21H2,2-6H3,(H,41,45)/t23-,25-,28-,29+,30+,31+/m1/s1. The van der Waals surface area contributed by atoms with Gasteiger partial charge < -0.3 is 29.2 Å². The van der Waals surface area contributed by atoms with Crippen molar-refractivity contribution in [3.05, 3.63) is 36.0 Å². The fourth-order valence-electron chi connectivity index (χ4n) is 7.24. The van der Waals surface area contributed by atoms with Gasteiger partial charge in [-0.3, -0.25) is 4.79 Å². The number of benzene rings is 1. The third kappa shape index (κ3) is 9.15. The van der Waals surface area contributed by atoms with Crippen molar-refractivity contribution in [3.8, 4) is 11.6 Å². The van der Waals surface area contributed by atoms with Crippen LogP contribution in [0.15, 0.2) is 30.9 Å². The average molecular weight is 699 g/mol. The van der Waals surface area contributed by atoms with Gasteiger partial charge in [0.2, 0.25) is 5.91 Å². The Hall–Kier alpha value is -3.60. The van der Waals surface area contributed by atoms with E-state index < -0.39 is 41.8 Å². The van der Waals surface area contributed by atoms with Crippen LogP contribution in [0, 0.1) is 17.8 Å². The Kier molecular flexibility index (Phi) is 11.9. The van der Waals surface area contributed by atoms with Crippen LogP contribution in [0.4, 0.5) is 4.79 Å². The number of nitrogens with zero attached hydrogens (tertiary/aromatic N) is 3. The van der Waals surface area contributed by atoms with E-state index in [1.54, 1.807) is 46.1 Å². The SMILES string of the molecule is C=CCCC[C@@H]1C[C@H]1OC(=O)N[C@H](C(=O)N1C[C@H](Oc2nc3cc(OC)ccc3nc2Cl)[C@@H](CC)[C@H]1C(=O)OC(C)(C)C)C1CCCCC1. The van der Waals surface area contributed by atoms with Gasteiger partial charge in [0.1, 0.15) is 35.6 Å². The number of methoxy groups -OCH3 is 1. The lowest BCUT2D eigenvalue weighted by molar-refractivity contribution is -0.165. The third-order valence-electron chi connectivity index (χ3n) is 9.82. The summed E-state index contributed by atoms with van der Waals surface area (Å²) in [5.41, 5.74) is 0.315. The minimum atomic E-state index is -0.949. The molecule has 2 saturated carbocycles. The summed E-state index contributed by atoms with van der Waals surface area (Å²) in [5, 5.41) is 3.02. The summed E-state index contributed by atoms with van der Waals surface area (Å²) in [5.74, 6) is -0.369. The molecule has 3 fully saturated rings. The van der Waals surface area contributed by atoms with Crippen molar-refractivity contribution in [2.45, 2.75) is 122 Å². The van der Waals surface area contributed by atoms with Crippen LogP contribution < -0.4 is 14.8 Å². The molecule has 1 N–H and O–H groups in total. The molecule has 1 aliphatic heterocycles. The van der Waals surface area contributed by atoms with Gasteiger partial charge in [0, 0.05) is 12.0 Å². The summed E-state index contributed by atoms with van der Waals surface area (Å²) in [7, 11) is 1.57. The van der Waals surface area contributed by atoms with Crippen LogP contribution in [0.1, 0.15) is 91.9 Å². The number of rotatable bonds is 13. The maximum absolute atomic E-state index is 14.7. The summed E-state index contributed by atoms with van der Waals surface area (Å²) in [6.07, 6.45) is 9.31. The van der Waals surface area contributed by atoms with E-state index in [-0.39, 0.29) is 35.5 Å². The lowest BCUT2D eigenvalue weighted by Crippen LogP contribution is -2.56. The van der Waals surface area contributed by atoms with Gasteiger partial charge in [0.05, 0.1) is 24.7 Å². The molecule has 1 aromatic carbocycles. The molecule has 2 aromatic rings. The summed E-state index contributed by atoms with van der Waals surface area (Å²) in [4.78, 5) is 52.5. The lowest BCUT2D eigenvalue weighted by atomic mass is 9.83. The molecule has 49 heavy (non-hydrogen) atoms. The minimum Gasteiger partial charge on any atom is -0.497 e. The van der Waals surface area contributed by atoms with E-state index in [0.717, 1.165) is 57.8 Å². The number of nitrogens with one attached hydrogen (secondary N) is 1.